The summed E-state index contributed by atoms with van der Waals surface area (Å²) >= 11 is 1.39. The van der Waals surface area contributed by atoms with E-state index >= 15 is 0 Å². The Morgan fingerprint density at radius 1 is 1.22 bits per heavy atom. The number of anilines is 1. The van der Waals surface area contributed by atoms with Gasteiger partial charge in [-0.2, -0.15) is 0 Å². The summed E-state index contributed by atoms with van der Waals surface area (Å²) in [6, 6.07) is 6.10. The summed E-state index contributed by atoms with van der Waals surface area (Å²) in [5.74, 6) is 1.23. The van der Waals surface area contributed by atoms with E-state index in [4.69, 9.17) is 4.74 Å². The Morgan fingerprint density at radius 3 is 2.57 bits per heavy atom. The topological polar surface area (TPSA) is 64.1 Å². The number of carbonyl (C=O) groups excluding carboxylic acids is 1. The smallest absolute Gasteiger partial charge is 0.264 e. The summed E-state index contributed by atoms with van der Waals surface area (Å²) in [5, 5.41) is 12.2. The fourth-order valence-corrected chi connectivity index (χ4v) is 2.71. The van der Waals surface area contributed by atoms with Crippen molar-refractivity contribution in [2.24, 2.45) is 0 Å². The predicted molar refractivity (Wildman–Crippen MR) is 93.4 cm³/mol. The van der Waals surface area contributed by atoms with Crippen LogP contribution in [0.15, 0.2) is 18.2 Å². The van der Waals surface area contributed by atoms with Crippen LogP contribution in [0.5, 0.6) is 5.75 Å². The lowest BCUT2D eigenvalue weighted by Crippen LogP contribution is -2.20. The van der Waals surface area contributed by atoms with Crippen LogP contribution in [0.25, 0.3) is 0 Å². The number of hydrogen-bond donors (Lipinski definition) is 1. The summed E-state index contributed by atoms with van der Waals surface area (Å²) < 4.78 is 5.66. The van der Waals surface area contributed by atoms with Gasteiger partial charge in [-0.05, 0) is 30.0 Å². The molecule has 0 saturated heterocycles. The van der Waals surface area contributed by atoms with E-state index in [1.165, 1.54) is 16.9 Å². The van der Waals surface area contributed by atoms with Crippen LogP contribution in [0.1, 0.15) is 55.7 Å². The molecule has 0 aliphatic rings. The van der Waals surface area contributed by atoms with Crippen LogP contribution in [-0.2, 0) is 4.79 Å². The Kier molecular flexibility index (Phi) is 5.71. The van der Waals surface area contributed by atoms with E-state index < -0.39 is 0 Å². The first-order chi connectivity index (χ1) is 10.9. The van der Waals surface area contributed by atoms with Gasteiger partial charge in [0.15, 0.2) is 6.61 Å². The van der Waals surface area contributed by atoms with Crippen molar-refractivity contribution in [1.29, 1.82) is 0 Å². The second-order valence-corrected chi connectivity index (χ2v) is 7.13. The highest BCUT2D eigenvalue weighted by Gasteiger charge is 2.12. The molecule has 23 heavy (non-hydrogen) atoms. The second kappa shape index (κ2) is 7.55. The maximum absolute atomic E-state index is 12.0. The van der Waals surface area contributed by atoms with E-state index in [2.05, 4.69) is 35.4 Å². The lowest BCUT2D eigenvalue weighted by Gasteiger charge is -2.12. The highest BCUT2D eigenvalue weighted by Crippen LogP contribution is 2.25. The third kappa shape index (κ3) is 4.76. The highest BCUT2D eigenvalue weighted by molar-refractivity contribution is 7.15. The zero-order valence-corrected chi connectivity index (χ0v) is 15.0. The number of ether oxygens (including phenoxy) is 1. The molecule has 0 spiro atoms. The van der Waals surface area contributed by atoms with Crippen LogP contribution in [0.3, 0.4) is 0 Å². The molecule has 0 fully saturated rings. The summed E-state index contributed by atoms with van der Waals surface area (Å²) in [6.07, 6.45) is 0. The minimum Gasteiger partial charge on any atom is -0.483 e. The number of amides is 1. The van der Waals surface area contributed by atoms with Gasteiger partial charge in [0.2, 0.25) is 5.13 Å². The molecule has 2 aromatic rings. The quantitative estimate of drug-likeness (QED) is 0.864. The van der Waals surface area contributed by atoms with Crippen molar-refractivity contribution in [2.45, 2.75) is 46.5 Å². The molecule has 124 valence electrons. The van der Waals surface area contributed by atoms with Crippen molar-refractivity contribution in [1.82, 2.24) is 10.2 Å². The van der Waals surface area contributed by atoms with Gasteiger partial charge < -0.3 is 4.74 Å². The van der Waals surface area contributed by atoms with Gasteiger partial charge >= 0.3 is 0 Å². The SMILES string of the molecule is Cc1ccc(C(C)C)cc1OCC(=O)Nc1nnc(C(C)C)s1. The highest BCUT2D eigenvalue weighted by atomic mass is 32.1. The van der Waals surface area contributed by atoms with Gasteiger partial charge in [-0.3, -0.25) is 10.1 Å². The first-order valence-electron chi connectivity index (χ1n) is 7.73. The maximum Gasteiger partial charge on any atom is 0.264 e. The number of rotatable bonds is 6. The molecular formula is C17H23N3O2S. The Bertz CT molecular complexity index is 680. The van der Waals surface area contributed by atoms with Gasteiger partial charge in [0.1, 0.15) is 10.8 Å². The van der Waals surface area contributed by atoms with Crippen molar-refractivity contribution in [3.8, 4) is 5.75 Å². The van der Waals surface area contributed by atoms with Crippen LogP contribution >= 0.6 is 11.3 Å². The van der Waals surface area contributed by atoms with Crippen LogP contribution < -0.4 is 10.1 Å². The summed E-state index contributed by atoms with van der Waals surface area (Å²) in [5.41, 5.74) is 2.21. The lowest BCUT2D eigenvalue weighted by molar-refractivity contribution is -0.118. The normalized spacial score (nSPS) is 11.1. The van der Waals surface area contributed by atoms with Gasteiger partial charge in [0.05, 0.1) is 0 Å². The molecule has 1 amide bonds. The zero-order valence-electron chi connectivity index (χ0n) is 14.2. The minimum absolute atomic E-state index is 0.0427. The monoisotopic (exact) mass is 333 g/mol. The number of aromatic nitrogens is 2. The number of benzene rings is 1. The van der Waals surface area contributed by atoms with Crippen molar-refractivity contribution >= 4 is 22.4 Å². The number of aryl methyl sites for hydroxylation is 1. The minimum atomic E-state index is -0.231. The fourth-order valence-electron chi connectivity index (χ4n) is 1.95. The van der Waals surface area contributed by atoms with E-state index in [1.54, 1.807) is 0 Å². The van der Waals surface area contributed by atoms with Crippen LogP contribution in [-0.4, -0.2) is 22.7 Å². The second-order valence-electron chi connectivity index (χ2n) is 6.12. The number of nitrogens with zero attached hydrogens (tertiary/aromatic N) is 2. The van der Waals surface area contributed by atoms with Gasteiger partial charge in [-0.15, -0.1) is 10.2 Å². The Hall–Kier alpha value is -1.95. The zero-order chi connectivity index (χ0) is 17.0. The average molecular weight is 333 g/mol. The first-order valence-corrected chi connectivity index (χ1v) is 8.55. The average Bonchev–Trinajstić information content (AvgIpc) is 2.94. The molecule has 0 aliphatic heterocycles. The Morgan fingerprint density at radius 2 is 1.96 bits per heavy atom. The largest absolute Gasteiger partial charge is 0.483 e. The molecule has 5 nitrogen and oxygen atoms in total. The van der Waals surface area contributed by atoms with Gasteiger partial charge in [0, 0.05) is 5.92 Å². The Balaban J connectivity index is 1.94. The molecule has 2 rings (SSSR count). The lowest BCUT2D eigenvalue weighted by atomic mass is 10.0. The van der Waals surface area contributed by atoms with Crippen molar-refractivity contribution in [3.63, 3.8) is 0 Å². The molecule has 6 heteroatoms. The number of carbonyl (C=O) groups is 1. The molecule has 1 heterocycles. The third-order valence-electron chi connectivity index (χ3n) is 3.42. The molecule has 0 radical (unpaired) electrons. The number of nitrogens with one attached hydrogen (secondary N) is 1. The maximum atomic E-state index is 12.0. The van der Waals surface area contributed by atoms with Crippen LogP contribution in [0.2, 0.25) is 0 Å². The Labute approximate surface area is 141 Å². The predicted octanol–water partition coefficient (Wildman–Crippen LogP) is 4.11. The standard InChI is InChI=1S/C17H23N3O2S/c1-10(2)13-7-6-12(5)14(8-13)22-9-15(21)18-17-20-19-16(23-17)11(3)4/h6-8,10-11H,9H2,1-5H3,(H,18,20,21). The molecule has 0 bridgehead atoms. The van der Waals surface area contributed by atoms with Crippen molar-refractivity contribution in [3.05, 3.63) is 34.3 Å². The fraction of sp³-hybridized carbons (Fsp3) is 0.471. The molecular weight excluding hydrogens is 310 g/mol. The van der Waals surface area contributed by atoms with Crippen molar-refractivity contribution < 1.29 is 9.53 Å². The molecule has 0 atom stereocenters. The number of hydrogen-bond acceptors (Lipinski definition) is 5. The van der Waals surface area contributed by atoms with Gasteiger partial charge in [-0.1, -0.05) is 51.2 Å². The third-order valence-corrected chi connectivity index (χ3v) is 4.56. The molecule has 0 saturated carbocycles. The van der Waals surface area contributed by atoms with E-state index in [0.717, 1.165) is 16.3 Å². The summed E-state index contributed by atoms with van der Waals surface area (Å²) in [7, 11) is 0. The molecule has 1 N–H and O–H groups in total. The summed E-state index contributed by atoms with van der Waals surface area (Å²) in [4.78, 5) is 12.0. The molecule has 1 aromatic carbocycles. The van der Waals surface area contributed by atoms with E-state index in [0.29, 0.717) is 17.0 Å². The molecule has 0 unspecified atom stereocenters. The van der Waals surface area contributed by atoms with Gasteiger partial charge in [0.25, 0.3) is 5.91 Å². The summed E-state index contributed by atoms with van der Waals surface area (Å²) in [6.45, 7) is 10.3. The van der Waals surface area contributed by atoms with Gasteiger partial charge in [-0.25, -0.2) is 0 Å². The van der Waals surface area contributed by atoms with Crippen LogP contribution in [0, 0.1) is 6.92 Å². The van der Waals surface area contributed by atoms with E-state index in [-0.39, 0.29) is 12.5 Å². The van der Waals surface area contributed by atoms with E-state index in [9.17, 15) is 4.79 Å². The molecule has 1 aromatic heterocycles. The van der Waals surface area contributed by atoms with Crippen molar-refractivity contribution in [2.75, 3.05) is 11.9 Å². The molecule has 0 aliphatic carbocycles. The van der Waals surface area contributed by atoms with E-state index in [1.807, 2.05) is 32.9 Å². The van der Waals surface area contributed by atoms with Crippen LogP contribution in [0.4, 0.5) is 5.13 Å². The first kappa shape index (κ1) is 17.4.